The number of thiocarbonyl (C=S) groups is 1. The van der Waals surface area contributed by atoms with E-state index in [2.05, 4.69) is 17.6 Å². The van der Waals surface area contributed by atoms with E-state index in [0.29, 0.717) is 6.04 Å². The number of hydrogen-bond acceptors (Lipinski definition) is 1. The molecule has 0 bridgehead atoms. The Morgan fingerprint density at radius 3 is 2.33 bits per heavy atom. The predicted octanol–water partition coefficient (Wildman–Crippen LogP) is 2.73. The molecule has 0 unspecified atom stereocenters. The van der Waals surface area contributed by atoms with Gasteiger partial charge in [-0.3, -0.25) is 0 Å². The van der Waals surface area contributed by atoms with Gasteiger partial charge in [0.25, 0.3) is 0 Å². The zero-order valence-electron chi connectivity index (χ0n) is 9.64. The Morgan fingerprint density at radius 1 is 1.13 bits per heavy atom. The van der Waals surface area contributed by atoms with Crippen LogP contribution in [0.4, 0.5) is 0 Å². The van der Waals surface area contributed by atoms with Crippen molar-refractivity contribution in [2.45, 2.75) is 69.9 Å². The first-order valence-electron chi connectivity index (χ1n) is 6.27. The molecule has 2 aliphatic carbocycles. The second-order valence-electron chi connectivity index (χ2n) is 5.35. The minimum absolute atomic E-state index is 0.267. The highest BCUT2D eigenvalue weighted by atomic mass is 32.1. The zero-order chi connectivity index (χ0) is 10.7. The van der Waals surface area contributed by atoms with Gasteiger partial charge in [-0.2, -0.15) is 0 Å². The lowest BCUT2D eigenvalue weighted by Gasteiger charge is -2.28. The van der Waals surface area contributed by atoms with Crippen LogP contribution in [0, 0.1) is 0 Å². The Hall–Kier alpha value is -0.310. The molecular weight excluding hydrogens is 204 g/mol. The van der Waals surface area contributed by atoms with E-state index in [4.69, 9.17) is 12.2 Å². The van der Waals surface area contributed by atoms with E-state index < -0.39 is 0 Å². The molecule has 0 amide bonds. The van der Waals surface area contributed by atoms with Gasteiger partial charge in [0.2, 0.25) is 0 Å². The molecule has 0 spiro atoms. The van der Waals surface area contributed by atoms with Crippen LogP contribution in [0.25, 0.3) is 0 Å². The summed E-state index contributed by atoms with van der Waals surface area (Å²) in [6.45, 7) is 2.29. The Labute approximate surface area is 98.2 Å². The van der Waals surface area contributed by atoms with Gasteiger partial charge in [-0.15, -0.1) is 0 Å². The molecule has 15 heavy (non-hydrogen) atoms. The third-order valence-corrected chi connectivity index (χ3v) is 4.03. The van der Waals surface area contributed by atoms with Crippen LogP contribution in [0.3, 0.4) is 0 Å². The molecule has 0 atom stereocenters. The van der Waals surface area contributed by atoms with E-state index in [1.807, 2.05) is 0 Å². The average molecular weight is 226 g/mol. The summed E-state index contributed by atoms with van der Waals surface area (Å²) >= 11 is 5.38. The van der Waals surface area contributed by atoms with Gasteiger partial charge in [0.05, 0.1) is 0 Å². The Bertz CT molecular complexity index is 228. The normalized spacial score (nSPS) is 25.4. The van der Waals surface area contributed by atoms with Crippen molar-refractivity contribution in [3.63, 3.8) is 0 Å². The molecule has 0 heterocycles. The first kappa shape index (κ1) is 11.2. The Kier molecular flexibility index (Phi) is 3.49. The fraction of sp³-hybridized carbons (Fsp3) is 0.917. The first-order valence-corrected chi connectivity index (χ1v) is 6.67. The van der Waals surface area contributed by atoms with Crippen LogP contribution in [-0.2, 0) is 0 Å². The molecule has 3 heteroatoms. The van der Waals surface area contributed by atoms with Crippen molar-refractivity contribution >= 4 is 17.3 Å². The molecule has 2 N–H and O–H groups in total. The third kappa shape index (κ3) is 3.07. The van der Waals surface area contributed by atoms with Gasteiger partial charge >= 0.3 is 0 Å². The Balaban J connectivity index is 1.76. The highest BCUT2D eigenvalue weighted by molar-refractivity contribution is 7.80. The minimum atomic E-state index is 0.267. The fourth-order valence-electron chi connectivity index (χ4n) is 2.85. The van der Waals surface area contributed by atoms with Gasteiger partial charge in [0, 0.05) is 11.6 Å². The highest BCUT2D eigenvalue weighted by Crippen LogP contribution is 2.28. The maximum atomic E-state index is 5.38. The number of rotatable bonds is 2. The average Bonchev–Trinajstić information content (AvgIpc) is 2.76. The van der Waals surface area contributed by atoms with Crippen LogP contribution < -0.4 is 10.6 Å². The Morgan fingerprint density at radius 2 is 1.73 bits per heavy atom. The van der Waals surface area contributed by atoms with Gasteiger partial charge in [-0.1, -0.05) is 25.7 Å². The van der Waals surface area contributed by atoms with Crippen molar-refractivity contribution in [3.8, 4) is 0 Å². The highest BCUT2D eigenvalue weighted by Gasteiger charge is 2.29. The molecular formula is C12H22N2S. The fourth-order valence-corrected chi connectivity index (χ4v) is 3.26. The standard InChI is InChI=1S/C12H22N2S/c1-12(8-4-5-9-12)14-11(15)13-10-6-2-3-7-10/h10H,2-9H2,1H3,(H2,13,14,15). The lowest BCUT2D eigenvalue weighted by Crippen LogP contribution is -2.50. The van der Waals surface area contributed by atoms with Crippen molar-refractivity contribution in [1.82, 2.24) is 10.6 Å². The van der Waals surface area contributed by atoms with Crippen LogP contribution in [0.1, 0.15) is 58.3 Å². The van der Waals surface area contributed by atoms with Gasteiger partial charge in [-0.05, 0) is 44.8 Å². The van der Waals surface area contributed by atoms with E-state index in [1.54, 1.807) is 0 Å². The quantitative estimate of drug-likeness (QED) is 0.708. The third-order valence-electron chi connectivity index (χ3n) is 3.81. The molecule has 86 valence electrons. The van der Waals surface area contributed by atoms with Gasteiger partial charge in [-0.25, -0.2) is 0 Å². The van der Waals surface area contributed by atoms with Crippen molar-refractivity contribution in [2.24, 2.45) is 0 Å². The zero-order valence-corrected chi connectivity index (χ0v) is 10.5. The molecule has 0 aromatic heterocycles. The van der Waals surface area contributed by atoms with E-state index in [1.165, 1.54) is 51.4 Å². The lowest BCUT2D eigenvalue weighted by molar-refractivity contribution is 0.425. The summed E-state index contributed by atoms with van der Waals surface area (Å²) in [5, 5.41) is 7.83. The lowest BCUT2D eigenvalue weighted by atomic mass is 10.0. The van der Waals surface area contributed by atoms with Gasteiger partial charge in [0.1, 0.15) is 0 Å². The topological polar surface area (TPSA) is 24.1 Å². The van der Waals surface area contributed by atoms with Crippen molar-refractivity contribution < 1.29 is 0 Å². The molecule has 2 aliphatic rings. The summed E-state index contributed by atoms with van der Waals surface area (Å²) in [4.78, 5) is 0. The summed E-state index contributed by atoms with van der Waals surface area (Å²) in [5.41, 5.74) is 0.267. The SMILES string of the molecule is CC1(NC(=S)NC2CCCC2)CCCC1. The molecule has 0 aliphatic heterocycles. The van der Waals surface area contributed by atoms with Gasteiger partial charge < -0.3 is 10.6 Å². The monoisotopic (exact) mass is 226 g/mol. The number of nitrogens with one attached hydrogen (secondary N) is 2. The maximum absolute atomic E-state index is 5.38. The van der Waals surface area contributed by atoms with E-state index in [-0.39, 0.29) is 5.54 Å². The maximum Gasteiger partial charge on any atom is 0.166 e. The van der Waals surface area contributed by atoms with Crippen LogP contribution in [0.5, 0.6) is 0 Å². The van der Waals surface area contributed by atoms with E-state index in [0.717, 1.165) is 5.11 Å². The summed E-state index contributed by atoms with van der Waals surface area (Å²) in [7, 11) is 0. The van der Waals surface area contributed by atoms with Crippen LogP contribution >= 0.6 is 12.2 Å². The molecule has 0 aromatic carbocycles. The van der Waals surface area contributed by atoms with Crippen LogP contribution in [0.2, 0.25) is 0 Å². The van der Waals surface area contributed by atoms with E-state index in [9.17, 15) is 0 Å². The predicted molar refractivity (Wildman–Crippen MR) is 68.0 cm³/mol. The second kappa shape index (κ2) is 4.69. The molecule has 2 rings (SSSR count). The molecule has 0 saturated heterocycles. The minimum Gasteiger partial charge on any atom is -0.360 e. The largest absolute Gasteiger partial charge is 0.360 e. The van der Waals surface area contributed by atoms with Crippen molar-refractivity contribution in [2.75, 3.05) is 0 Å². The molecule has 0 radical (unpaired) electrons. The summed E-state index contributed by atoms with van der Waals surface area (Å²) in [6, 6.07) is 0.634. The summed E-state index contributed by atoms with van der Waals surface area (Å²) in [5.74, 6) is 0. The summed E-state index contributed by atoms with van der Waals surface area (Å²) in [6.07, 6.45) is 10.5. The van der Waals surface area contributed by atoms with Gasteiger partial charge in [0.15, 0.2) is 5.11 Å². The molecule has 2 nitrogen and oxygen atoms in total. The van der Waals surface area contributed by atoms with E-state index >= 15 is 0 Å². The summed E-state index contributed by atoms with van der Waals surface area (Å²) < 4.78 is 0. The first-order chi connectivity index (χ1) is 7.18. The van der Waals surface area contributed by atoms with Crippen molar-refractivity contribution in [3.05, 3.63) is 0 Å². The van der Waals surface area contributed by atoms with Crippen LogP contribution in [-0.4, -0.2) is 16.7 Å². The molecule has 0 aromatic rings. The number of hydrogen-bond donors (Lipinski definition) is 2. The molecule has 2 saturated carbocycles. The second-order valence-corrected chi connectivity index (χ2v) is 5.76. The smallest absolute Gasteiger partial charge is 0.166 e. The molecule has 2 fully saturated rings. The van der Waals surface area contributed by atoms with Crippen LogP contribution in [0.15, 0.2) is 0 Å². The van der Waals surface area contributed by atoms with Crippen molar-refractivity contribution in [1.29, 1.82) is 0 Å².